The van der Waals surface area contributed by atoms with Crippen molar-refractivity contribution < 1.29 is 4.74 Å². The van der Waals surface area contributed by atoms with Crippen LogP contribution >= 0.6 is 22.9 Å². The fraction of sp³-hybridized carbons (Fsp3) is 0.308. The second-order valence-electron chi connectivity index (χ2n) is 3.90. The van der Waals surface area contributed by atoms with E-state index in [1.54, 1.807) is 11.3 Å². The molecule has 0 aliphatic rings. The maximum Gasteiger partial charge on any atom is 0.142 e. The number of nitrogens with zero attached hydrogens (tertiary/aromatic N) is 1. The molecule has 18 heavy (non-hydrogen) atoms. The molecule has 0 amide bonds. The summed E-state index contributed by atoms with van der Waals surface area (Å²) >= 11 is 7.79. The number of benzene rings is 1. The van der Waals surface area contributed by atoms with Crippen LogP contribution in [0.25, 0.3) is 0 Å². The Balaban J connectivity index is 2.12. The van der Waals surface area contributed by atoms with E-state index in [9.17, 15) is 0 Å². The van der Waals surface area contributed by atoms with Crippen molar-refractivity contribution in [2.75, 3.05) is 7.05 Å². The highest BCUT2D eigenvalue weighted by atomic mass is 35.5. The van der Waals surface area contributed by atoms with Gasteiger partial charge < -0.3 is 10.1 Å². The van der Waals surface area contributed by atoms with Crippen molar-refractivity contribution in [3.63, 3.8) is 0 Å². The molecule has 2 aromatic rings. The number of ether oxygens (including phenoxy) is 1. The monoisotopic (exact) mass is 282 g/mol. The zero-order chi connectivity index (χ0) is 13.0. The third kappa shape index (κ3) is 3.22. The van der Waals surface area contributed by atoms with Gasteiger partial charge in [-0.2, -0.15) is 0 Å². The Labute approximate surface area is 116 Å². The van der Waals surface area contributed by atoms with Crippen LogP contribution in [0.2, 0.25) is 5.02 Å². The Morgan fingerprint density at radius 1 is 1.44 bits per heavy atom. The lowest BCUT2D eigenvalue weighted by Gasteiger charge is -2.12. The van der Waals surface area contributed by atoms with Crippen molar-refractivity contribution in [1.82, 2.24) is 10.3 Å². The van der Waals surface area contributed by atoms with Gasteiger partial charge in [0.15, 0.2) is 0 Å². The van der Waals surface area contributed by atoms with Gasteiger partial charge in [-0.1, -0.05) is 23.7 Å². The molecule has 5 heteroatoms. The van der Waals surface area contributed by atoms with Crippen LogP contribution in [0.5, 0.6) is 5.75 Å². The second kappa shape index (κ2) is 6.18. The topological polar surface area (TPSA) is 34.1 Å². The van der Waals surface area contributed by atoms with Gasteiger partial charge in [-0.15, -0.1) is 11.3 Å². The molecule has 1 N–H and O–H groups in total. The van der Waals surface area contributed by atoms with Crippen LogP contribution in [0.1, 0.15) is 16.3 Å². The quantitative estimate of drug-likeness (QED) is 0.913. The fourth-order valence-corrected chi connectivity index (χ4v) is 2.51. The summed E-state index contributed by atoms with van der Waals surface area (Å²) in [5, 5.41) is 6.78. The normalized spacial score (nSPS) is 10.6. The number of aromatic nitrogens is 1. The highest BCUT2D eigenvalue weighted by molar-refractivity contribution is 7.09. The lowest BCUT2D eigenvalue weighted by atomic mass is 10.2. The lowest BCUT2D eigenvalue weighted by Crippen LogP contribution is -2.08. The summed E-state index contributed by atoms with van der Waals surface area (Å²) in [5.41, 5.74) is 1.99. The molecule has 0 unspecified atom stereocenters. The standard InChI is InChI=1S/C13H15ClN2OS/c1-9-16-11(8-18-9)7-17-13-10(6-15-2)4-3-5-12(13)14/h3-5,8,15H,6-7H2,1-2H3. The fourth-order valence-electron chi connectivity index (χ4n) is 1.67. The van der Waals surface area contributed by atoms with Gasteiger partial charge in [-0.05, 0) is 20.0 Å². The molecule has 0 aliphatic heterocycles. The Morgan fingerprint density at radius 3 is 2.94 bits per heavy atom. The maximum absolute atomic E-state index is 6.17. The predicted molar refractivity (Wildman–Crippen MR) is 75.4 cm³/mol. The number of hydrogen-bond acceptors (Lipinski definition) is 4. The number of nitrogens with one attached hydrogen (secondary N) is 1. The van der Waals surface area contributed by atoms with E-state index in [1.807, 2.05) is 37.6 Å². The zero-order valence-corrected chi connectivity index (χ0v) is 11.9. The minimum atomic E-state index is 0.449. The molecule has 0 bridgehead atoms. The maximum atomic E-state index is 6.17. The Kier molecular flexibility index (Phi) is 4.58. The van der Waals surface area contributed by atoms with E-state index in [2.05, 4.69) is 10.3 Å². The van der Waals surface area contributed by atoms with Crippen molar-refractivity contribution >= 4 is 22.9 Å². The molecule has 0 aliphatic carbocycles. The second-order valence-corrected chi connectivity index (χ2v) is 5.37. The van der Waals surface area contributed by atoms with Crippen molar-refractivity contribution in [2.24, 2.45) is 0 Å². The lowest BCUT2D eigenvalue weighted by molar-refractivity contribution is 0.298. The van der Waals surface area contributed by atoms with Crippen LogP contribution in [0, 0.1) is 6.92 Å². The number of hydrogen-bond donors (Lipinski definition) is 1. The minimum absolute atomic E-state index is 0.449. The summed E-state index contributed by atoms with van der Waals surface area (Å²) in [6, 6.07) is 5.77. The summed E-state index contributed by atoms with van der Waals surface area (Å²) in [4.78, 5) is 4.37. The van der Waals surface area contributed by atoms with Gasteiger partial charge in [0.1, 0.15) is 12.4 Å². The summed E-state index contributed by atoms with van der Waals surface area (Å²) in [5.74, 6) is 0.735. The number of halogens is 1. The molecule has 0 saturated carbocycles. The molecule has 0 saturated heterocycles. The van der Waals surface area contributed by atoms with Gasteiger partial charge in [0.25, 0.3) is 0 Å². The number of aryl methyl sites for hydroxylation is 1. The first kappa shape index (κ1) is 13.3. The van der Waals surface area contributed by atoms with Gasteiger partial charge >= 0.3 is 0 Å². The summed E-state index contributed by atoms with van der Waals surface area (Å²) in [7, 11) is 1.90. The third-order valence-corrected chi connectivity index (χ3v) is 3.57. The van der Waals surface area contributed by atoms with Crippen molar-refractivity contribution in [3.05, 3.63) is 44.9 Å². The first-order valence-electron chi connectivity index (χ1n) is 5.66. The highest BCUT2D eigenvalue weighted by Crippen LogP contribution is 2.29. The molecule has 1 aromatic carbocycles. The van der Waals surface area contributed by atoms with Crippen molar-refractivity contribution in [2.45, 2.75) is 20.1 Å². The SMILES string of the molecule is CNCc1cccc(Cl)c1OCc1csc(C)n1. The summed E-state index contributed by atoms with van der Waals surface area (Å²) in [6.07, 6.45) is 0. The van der Waals surface area contributed by atoms with Crippen LogP contribution in [-0.2, 0) is 13.2 Å². The van der Waals surface area contributed by atoms with Gasteiger partial charge in [0.2, 0.25) is 0 Å². The van der Waals surface area contributed by atoms with Crippen LogP contribution < -0.4 is 10.1 Å². The van der Waals surface area contributed by atoms with Gasteiger partial charge in [0.05, 0.1) is 15.7 Å². The van der Waals surface area contributed by atoms with Crippen LogP contribution in [-0.4, -0.2) is 12.0 Å². The molecular weight excluding hydrogens is 268 g/mol. The van der Waals surface area contributed by atoms with Gasteiger partial charge in [0, 0.05) is 17.5 Å². The van der Waals surface area contributed by atoms with Crippen molar-refractivity contribution in [3.8, 4) is 5.75 Å². The molecule has 3 nitrogen and oxygen atoms in total. The zero-order valence-electron chi connectivity index (χ0n) is 10.4. The van der Waals surface area contributed by atoms with Gasteiger partial charge in [-0.25, -0.2) is 4.98 Å². The van der Waals surface area contributed by atoms with E-state index in [-0.39, 0.29) is 0 Å². The minimum Gasteiger partial charge on any atom is -0.485 e. The molecule has 1 aromatic heterocycles. The summed E-state index contributed by atoms with van der Waals surface area (Å²) in [6.45, 7) is 3.16. The van der Waals surface area contributed by atoms with Gasteiger partial charge in [-0.3, -0.25) is 0 Å². The van der Waals surface area contributed by atoms with Crippen LogP contribution in [0.3, 0.4) is 0 Å². The Bertz CT molecular complexity index is 527. The predicted octanol–water partition coefficient (Wildman–Crippen LogP) is 3.40. The van der Waals surface area contributed by atoms with Crippen molar-refractivity contribution in [1.29, 1.82) is 0 Å². The first-order valence-corrected chi connectivity index (χ1v) is 6.92. The molecule has 1 heterocycles. The number of thiazole rings is 1. The van der Waals surface area contributed by atoms with E-state index in [4.69, 9.17) is 16.3 Å². The molecule has 96 valence electrons. The molecule has 2 rings (SSSR count). The summed E-state index contributed by atoms with van der Waals surface area (Å²) < 4.78 is 5.79. The van der Waals surface area contributed by atoms with E-state index in [1.165, 1.54) is 0 Å². The largest absolute Gasteiger partial charge is 0.485 e. The van der Waals surface area contributed by atoms with E-state index in [0.29, 0.717) is 11.6 Å². The Morgan fingerprint density at radius 2 is 2.28 bits per heavy atom. The number of rotatable bonds is 5. The van der Waals surface area contributed by atoms with E-state index in [0.717, 1.165) is 28.6 Å². The molecule has 0 fully saturated rings. The molecule has 0 atom stereocenters. The molecular formula is C13H15ClN2OS. The molecule has 0 spiro atoms. The average Bonchev–Trinajstić information content (AvgIpc) is 2.75. The molecule has 0 radical (unpaired) electrons. The Hall–Kier alpha value is -1.10. The third-order valence-electron chi connectivity index (χ3n) is 2.45. The average molecular weight is 283 g/mol. The first-order chi connectivity index (χ1) is 8.70. The van der Waals surface area contributed by atoms with Crippen LogP contribution in [0.4, 0.5) is 0 Å². The number of para-hydroxylation sites is 1. The smallest absolute Gasteiger partial charge is 0.142 e. The highest BCUT2D eigenvalue weighted by Gasteiger charge is 2.09. The van der Waals surface area contributed by atoms with E-state index < -0.39 is 0 Å². The van der Waals surface area contributed by atoms with E-state index >= 15 is 0 Å². The van der Waals surface area contributed by atoms with Crippen LogP contribution in [0.15, 0.2) is 23.6 Å².